The molecule has 0 spiro atoms. The summed E-state index contributed by atoms with van der Waals surface area (Å²) in [5.41, 5.74) is 1.73. The van der Waals surface area contributed by atoms with Gasteiger partial charge in [0.05, 0.1) is 11.1 Å². The summed E-state index contributed by atoms with van der Waals surface area (Å²) >= 11 is 0. The number of hydrogen-bond acceptors (Lipinski definition) is 5. The standard InChI is InChI=1S/C15H10N4O/c16-8-10-5-6-11(7-14(10)20)19-15-12-3-1-2-4-13(12)17-9-18-15/h1-7,9,20H,(H,17,18,19). The van der Waals surface area contributed by atoms with Gasteiger partial charge < -0.3 is 10.4 Å². The second-order valence-electron chi connectivity index (χ2n) is 4.21. The fourth-order valence-electron chi connectivity index (χ4n) is 1.95. The van der Waals surface area contributed by atoms with Crippen LogP contribution >= 0.6 is 0 Å². The van der Waals surface area contributed by atoms with Gasteiger partial charge in [0.25, 0.3) is 0 Å². The number of anilines is 2. The maximum Gasteiger partial charge on any atom is 0.141 e. The molecule has 0 atom stereocenters. The summed E-state index contributed by atoms with van der Waals surface area (Å²) in [5, 5.41) is 22.5. The average molecular weight is 262 g/mol. The molecule has 96 valence electrons. The summed E-state index contributed by atoms with van der Waals surface area (Å²) < 4.78 is 0. The molecule has 0 radical (unpaired) electrons. The zero-order chi connectivity index (χ0) is 13.9. The Morgan fingerprint density at radius 2 is 1.95 bits per heavy atom. The van der Waals surface area contributed by atoms with Crippen LogP contribution in [-0.4, -0.2) is 15.1 Å². The lowest BCUT2D eigenvalue weighted by atomic mass is 10.2. The van der Waals surface area contributed by atoms with Crippen LogP contribution < -0.4 is 5.32 Å². The SMILES string of the molecule is N#Cc1ccc(Nc2ncnc3ccccc23)cc1O. The fraction of sp³-hybridized carbons (Fsp3) is 0. The Morgan fingerprint density at radius 1 is 1.10 bits per heavy atom. The van der Waals surface area contributed by atoms with E-state index in [1.54, 1.807) is 12.1 Å². The Bertz CT molecular complexity index is 818. The van der Waals surface area contributed by atoms with Crippen LogP contribution in [0.25, 0.3) is 10.9 Å². The van der Waals surface area contributed by atoms with Crippen LogP contribution in [0, 0.1) is 11.3 Å². The van der Waals surface area contributed by atoms with Gasteiger partial charge in [0.2, 0.25) is 0 Å². The summed E-state index contributed by atoms with van der Waals surface area (Å²) in [7, 11) is 0. The lowest BCUT2D eigenvalue weighted by Crippen LogP contribution is -1.96. The predicted molar refractivity (Wildman–Crippen MR) is 75.6 cm³/mol. The molecule has 0 unspecified atom stereocenters. The highest BCUT2D eigenvalue weighted by Crippen LogP contribution is 2.26. The molecular weight excluding hydrogens is 252 g/mol. The minimum atomic E-state index is -0.0594. The quantitative estimate of drug-likeness (QED) is 0.742. The van der Waals surface area contributed by atoms with Gasteiger partial charge in [0, 0.05) is 17.1 Å². The van der Waals surface area contributed by atoms with Gasteiger partial charge >= 0.3 is 0 Å². The molecular formula is C15H10N4O. The summed E-state index contributed by atoms with van der Waals surface area (Å²) in [6.07, 6.45) is 1.48. The van der Waals surface area contributed by atoms with Crippen molar-refractivity contribution in [1.82, 2.24) is 9.97 Å². The largest absolute Gasteiger partial charge is 0.506 e. The van der Waals surface area contributed by atoms with Crippen molar-refractivity contribution in [3.8, 4) is 11.8 Å². The second kappa shape index (κ2) is 4.86. The van der Waals surface area contributed by atoms with Gasteiger partial charge in [0.15, 0.2) is 0 Å². The minimum Gasteiger partial charge on any atom is -0.506 e. The number of hydrogen-bond donors (Lipinski definition) is 2. The molecule has 1 heterocycles. The number of aromatic nitrogens is 2. The van der Waals surface area contributed by atoms with Crippen LogP contribution in [-0.2, 0) is 0 Å². The molecule has 20 heavy (non-hydrogen) atoms. The predicted octanol–water partition coefficient (Wildman–Crippen LogP) is 2.95. The number of para-hydroxylation sites is 1. The number of aromatic hydroxyl groups is 1. The minimum absolute atomic E-state index is 0.0594. The molecule has 5 nitrogen and oxygen atoms in total. The lowest BCUT2D eigenvalue weighted by Gasteiger charge is -2.08. The van der Waals surface area contributed by atoms with E-state index in [2.05, 4.69) is 15.3 Å². The monoisotopic (exact) mass is 262 g/mol. The second-order valence-corrected chi connectivity index (χ2v) is 4.21. The number of rotatable bonds is 2. The highest BCUT2D eigenvalue weighted by Gasteiger charge is 2.05. The summed E-state index contributed by atoms with van der Waals surface area (Å²) in [5.74, 6) is 0.593. The topological polar surface area (TPSA) is 81.8 Å². The number of nitriles is 1. The van der Waals surface area contributed by atoms with E-state index in [0.29, 0.717) is 11.5 Å². The van der Waals surface area contributed by atoms with Crippen molar-refractivity contribution in [3.63, 3.8) is 0 Å². The van der Waals surface area contributed by atoms with E-state index in [9.17, 15) is 5.11 Å². The molecule has 3 aromatic rings. The fourth-order valence-corrected chi connectivity index (χ4v) is 1.95. The molecule has 2 aromatic carbocycles. The van der Waals surface area contributed by atoms with Gasteiger partial charge in [-0.25, -0.2) is 9.97 Å². The Hall–Kier alpha value is -3.13. The number of phenolic OH excluding ortho intramolecular Hbond substituents is 1. The van der Waals surface area contributed by atoms with Crippen LogP contribution in [0.4, 0.5) is 11.5 Å². The zero-order valence-corrected chi connectivity index (χ0v) is 10.4. The van der Waals surface area contributed by atoms with E-state index >= 15 is 0 Å². The van der Waals surface area contributed by atoms with Crippen LogP contribution in [0.2, 0.25) is 0 Å². The number of nitrogens with zero attached hydrogens (tertiary/aromatic N) is 3. The van der Waals surface area contributed by atoms with E-state index in [-0.39, 0.29) is 11.3 Å². The van der Waals surface area contributed by atoms with Gasteiger partial charge in [-0.3, -0.25) is 0 Å². The number of benzene rings is 2. The molecule has 0 fully saturated rings. The van der Waals surface area contributed by atoms with Gasteiger partial charge in [-0.1, -0.05) is 12.1 Å². The molecule has 0 saturated carbocycles. The third-order valence-corrected chi connectivity index (χ3v) is 2.92. The number of fused-ring (bicyclic) bond motifs is 1. The third kappa shape index (κ3) is 2.10. The van der Waals surface area contributed by atoms with Crippen molar-refractivity contribution in [3.05, 3.63) is 54.4 Å². The van der Waals surface area contributed by atoms with Gasteiger partial charge in [-0.05, 0) is 24.3 Å². The maximum absolute atomic E-state index is 9.69. The Balaban J connectivity index is 2.02. The van der Waals surface area contributed by atoms with Gasteiger partial charge in [-0.2, -0.15) is 5.26 Å². The maximum atomic E-state index is 9.69. The van der Waals surface area contributed by atoms with Gasteiger partial charge in [0.1, 0.15) is 24.0 Å². The van der Waals surface area contributed by atoms with Crippen LogP contribution in [0.3, 0.4) is 0 Å². The molecule has 3 rings (SSSR count). The summed E-state index contributed by atoms with van der Waals surface area (Å²) in [6, 6.07) is 14.3. The van der Waals surface area contributed by atoms with Crippen molar-refractivity contribution in [1.29, 1.82) is 5.26 Å². The molecule has 0 amide bonds. The average Bonchev–Trinajstić information content (AvgIpc) is 2.48. The van der Waals surface area contributed by atoms with Crippen molar-refractivity contribution in [2.24, 2.45) is 0 Å². The third-order valence-electron chi connectivity index (χ3n) is 2.92. The van der Waals surface area contributed by atoms with E-state index in [4.69, 9.17) is 5.26 Å². The first-order valence-electron chi connectivity index (χ1n) is 5.98. The lowest BCUT2D eigenvalue weighted by molar-refractivity contribution is 0.474. The Kier molecular flexibility index (Phi) is 2.90. The van der Waals surface area contributed by atoms with Crippen molar-refractivity contribution < 1.29 is 5.11 Å². The van der Waals surface area contributed by atoms with Crippen LogP contribution in [0.1, 0.15) is 5.56 Å². The van der Waals surface area contributed by atoms with Crippen molar-refractivity contribution >= 4 is 22.4 Å². The molecule has 2 N–H and O–H groups in total. The van der Waals surface area contributed by atoms with E-state index in [0.717, 1.165) is 10.9 Å². The van der Waals surface area contributed by atoms with Crippen molar-refractivity contribution in [2.45, 2.75) is 0 Å². The smallest absolute Gasteiger partial charge is 0.141 e. The molecule has 0 aliphatic carbocycles. The molecule has 1 aromatic heterocycles. The molecule has 0 bridgehead atoms. The van der Waals surface area contributed by atoms with Crippen LogP contribution in [0.5, 0.6) is 5.75 Å². The Labute approximate surface area is 115 Å². The first kappa shape index (κ1) is 11.9. The first-order valence-corrected chi connectivity index (χ1v) is 5.98. The van der Waals surface area contributed by atoms with Gasteiger partial charge in [-0.15, -0.1) is 0 Å². The normalized spacial score (nSPS) is 10.2. The highest BCUT2D eigenvalue weighted by molar-refractivity contribution is 5.90. The van der Waals surface area contributed by atoms with Crippen LogP contribution in [0.15, 0.2) is 48.8 Å². The van der Waals surface area contributed by atoms with Crippen molar-refractivity contribution in [2.75, 3.05) is 5.32 Å². The summed E-state index contributed by atoms with van der Waals surface area (Å²) in [6.45, 7) is 0. The highest BCUT2D eigenvalue weighted by atomic mass is 16.3. The molecule has 0 saturated heterocycles. The Morgan fingerprint density at radius 3 is 2.75 bits per heavy atom. The van der Waals surface area contributed by atoms with E-state index in [1.807, 2.05) is 30.3 Å². The van der Waals surface area contributed by atoms with E-state index in [1.165, 1.54) is 12.4 Å². The first-order chi connectivity index (χ1) is 9.78. The molecule has 5 heteroatoms. The van der Waals surface area contributed by atoms with E-state index < -0.39 is 0 Å². The number of phenols is 1. The summed E-state index contributed by atoms with van der Waals surface area (Å²) in [4.78, 5) is 8.39. The molecule has 0 aliphatic heterocycles. The molecule has 0 aliphatic rings. The number of nitrogens with one attached hydrogen (secondary N) is 1. The zero-order valence-electron chi connectivity index (χ0n) is 10.4.